The highest BCUT2D eigenvalue weighted by atomic mass is 79.9. The Kier molecular flexibility index (Phi) is 4.88. The summed E-state index contributed by atoms with van der Waals surface area (Å²) in [7, 11) is 0. The van der Waals surface area contributed by atoms with Crippen LogP contribution >= 0.6 is 31.9 Å². The van der Waals surface area contributed by atoms with Gasteiger partial charge in [-0.3, -0.25) is 4.79 Å². The number of benzene rings is 3. The molecule has 1 aliphatic carbocycles. The molecule has 0 aromatic heterocycles. The lowest BCUT2D eigenvalue weighted by Gasteiger charge is -2.29. The minimum Gasteiger partial charge on any atom is -0.486 e. The maximum Gasteiger partial charge on any atom is 0.232 e. The van der Waals surface area contributed by atoms with Crippen LogP contribution in [0.25, 0.3) is 6.08 Å². The van der Waals surface area contributed by atoms with Gasteiger partial charge in [-0.05, 0) is 56.9 Å². The fraction of sp³-hybridized carbons (Fsp3) is 0.192. The summed E-state index contributed by atoms with van der Waals surface area (Å²) in [6.07, 6.45) is 2.82. The third-order valence-electron chi connectivity index (χ3n) is 6.39. The fourth-order valence-corrected chi connectivity index (χ4v) is 6.42. The van der Waals surface area contributed by atoms with Crippen molar-refractivity contribution in [2.45, 2.75) is 24.4 Å². The van der Waals surface area contributed by atoms with Gasteiger partial charge in [0.05, 0.1) is 11.6 Å². The van der Waals surface area contributed by atoms with Gasteiger partial charge in [0.1, 0.15) is 12.7 Å². The first-order chi connectivity index (χ1) is 15.6. The normalized spacial score (nSPS) is 22.8. The predicted molar refractivity (Wildman–Crippen MR) is 131 cm³/mol. The molecule has 1 amide bonds. The van der Waals surface area contributed by atoms with E-state index in [1.807, 2.05) is 42.5 Å². The summed E-state index contributed by atoms with van der Waals surface area (Å²) in [5, 5.41) is 3.10. The first-order valence-electron chi connectivity index (χ1n) is 10.6. The second-order valence-electron chi connectivity index (χ2n) is 8.35. The van der Waals surface area contributed by atoms with Gasteiger partial charge in [-0.2, -0.15) is 0 Å². The second-order valence-corrected chi connectivity index (χ2v) is 10.1. The van der Waals surface area contributed by atoms with Gasteiger partial charge in [0.2, 0.25) is 5.91 Å². The molecule has 3 aromatic rings. The topological polar surface area (TPSA) is 47.6 Å². The lowest BCUT2D eigenvalue weighted by atomic mass is 9.78. The number of amides is 1. The van der Waals surface area contributed by atoms with Crippen LogP contribution in [0, 0.1) is 0 Å². The van der Waals surface area contributed by atoms with Gasteiger partial charge < -0.3 is 14.8 Å². The van der Waals surface area contributed by atoms with Crippen molar-refractivity contribution in [3.63, 3.8) is 0 Å². The van der Waals surface area contributed by atoms with Gasteiger partial charge in [-0.15, -0.1) is 0 Å². The Morgan fingerprint density at radius 2 is 1.72 bits per heavy atom. The van der Waals surface area contributed by atoms with Crippen molar-refractivity contribution in [3.05, 3.63) is 91.9 Å². The predicted octanol–water partition coefficient (Wildman–Crippen LogP) is 6.66. The minimum atomic E-state index is -0.300. The molecule has 3 aliphatic rings. The Labute approximate surface area is 202 Å². The molecule has 3 unspecified atom stereocenters. The highest BCUT2D eigenvalue weighted by Gasteiger charge is 2.43. The van der Waals surface area contributed by atoms with Crippen LogP contribution < -0.4 is 14.8 Å². The average Bonchev–Trinajstić information content (AvgIpc) is 3.30. The monoisotopic (exact) mass is 551 g/mol. The van der Waals surface area contributed by atoms with E-state index in [0.29, 0.717) is 13.0 Å². The number of carbonyl (C=O) groups excluding carboxylic acids is 1. The van der Waals surface area contributed by atoms with Crippen LogP contribution in [0.1, 0.15) is 34.9 Å². The Balaban J connectivity index is 1.38. The largest absolute Gasteiger partial charge is 0.486 e. The SMILES string of the molecule is O=C1Nc2c(Br)cc(Br)cc2C1C1C(CC2COc3ccccc3O2)=Cc2ccccc21. The van der Waals surface area contributed by atoms with E-state index in [1.54, 1.807) is 0 Å². The molecule has 160 valence electrons. The summed E-state index contributed by atoms with van der Waals surface area (Å²) >= 11 is 7.20. The van der Waals surface area contributed by atoms with E-state index < -0.39 is 0 Å². The fourth-order valence-electron chi connectivity index (χ4n) is 5.06. The van der Waals surface area contributed by atoms with Crippen LogP contribution in [0.15, 0.2) is 75.2 Å². The number of fused-ring (bicyclic) bond motifs is 3. The van der Waals surface area contributed by atoms with Crippen LogP contribution in [-0.2, 0) is 4.79 Å². The van der Waals surface area contributed by atoms with Gasteiger partial charge in [-0.1, -0.05) is 64.0 Å². The molecular formula is C26H19Br2NO3. The number of carbonyl (C=O) groups is 1. The smallest absolute Gasteiger partial charge is 0.232 e. The van der Waals surface area contributed by atoms with Gasteiger partial charge in [-0.25, -0.2) is 0 Å². The molecule has 0 saturated carbocycles. The van der Waals surface area contributed by atoms with Crippen LogP contribution in [0.3, 0.4) is 0 Å². The van der Waals surface area contributed by atoms with Crippen LogP contribution in [-0.4, -0.2) is 18.6 Å². The van der Waals surface area contributed by atoms with Crippen molar-refractivity contribution >= 4 is 49.5 Å². The van der Waals surface area contributed by atoms with E-state index in [4.69, 9.17) is 9.47 Å². The average molecular weight is 553 g/mol. The summed E-state index contributed by atoms with van der Waals surface area (Å²) < 4.78 is 14.0. The Bertz CT molecular complexity index is 1290. The van der Waals surface area contributed by atoms with Crippen molar-refractivity contribution in [2.75, 3.05) is 11.9 Å². The van der Waals surface area contributed by atoms with E-state index in [1.165, 1.54) is 16.7 Å². The molecule has 3 atom stereocenters. The molecule has 0 radical (unpaired) electrons. The number of ether oxygens (including phenoxy) is 2. The molecule has 4 nitrogen and oxygen atoms in total. The number of para-hydroxylation sites is 2. The van der Waals surface area contributed by atoms with Crippen molar-refractivity contribution in [2.24, 2.45) is 0 Å². The molecular weight excluding hydrogens is 534 g/mol. The maximum absolute atomic E-state index is 13.3. The summed E-state index contributed by atoms with van der Waals surface area (Å²) in [6, 6.07) is 20.1. The van der Waals surface area contributed by atoms with Crippen molar-refractivity contribution in [1.29, 1.82) is 0 Å². The highest BCUT2D eigenvalue weighted by molar-refractivity contribution is 9.11. The summed E-state index contributed by atoms with van der Waals surface area (Å²) in [5.41, 5.74) is 5.42. The van der Waals surface area contributed by atoms with Crippen LogP contribution in [0.2, 0.25) is 0 Å². The lowest BCUT2D eigenvalue weighted by molar-refractivity contribution is -0.117. The maximum atomic E-state index is 13.3. The number of rotatable bonds is 3. The highest BCUT2D eigenvalue weighted by Crippen LogP contribution is 2.53. The summed E-state index contributed by atoms with van der Waals surface area (Å²) in [6.45, 7) is 0.488. The zero-order chi connectivity index (χ0) is 21.8. The molecule has 32 heavy (non-hydrogen) atoms. The first-order valence-corrected chi connectivity index (χ1v) is 12.1. The number of nitrogens with one attached hydrogen (secondary N) is 1. The number of hydrogen-bond donors (Lipinski definition) is 1. The van der Waals surface area contributed by atoms with Gasteiger partial charge in [0.25, 0.3) is 0 Å². The third-order valence-corrected chi connectivity index (χ3v) is 7.47. The summed E-state index contributed by atoms with van der Waals surface area (Å²) in [5.74, 6) is 1.23. The van der Waals surface area contributed by atoms with E-state index in [0.717, 1.165) is 31.7 Å². The Morgan fingerprint density at radius 3 is 2.59 bits per heavy atom. The molecule has 6 rings (SSSR count). The molecule has 3 aromatic carbocycles. The molecule has 2 heterocycles. The second kappa shape index (κ2) is 7.78. The van der Waals surface area contributed by atoms with E-state index in [2.05, 4.69) is 61.5 Å². The Hall–Kier alpha value is -2.57. The minimum absolute atomic E-state index is 0.0255. The molecule has 0 spiro atoms. The van der Waals surface area contributed by atoms with Gasteiger partial charge in [0, 0.05) is 21.3 Å². The third kappa shape index (κ3) is 3.28. The Morgan fingerprint density at radius 1 is 0.938 bits per heavy atom. The van der Waals surface area contributed by atoms with Crippen molar-refractivity contribution in [3.8, 4) is 11.5 Å². The van der Waals surface area contributed by atoms with Crippen molar-refractivity contribution in [1.82, 2.24) is 0 Å². The molecule has 6 heteroatoms. The quantitative estimate of drug-likeness (QED) is 0.395. The van der Waals surface area contributed by atoms with Gasteiger partial charge >= 0.3 is 0 Å². The van der Waals surface area contributed by atoms with Crippen LogP contribution in [0.5, 0.6) is 11.5 Å². The number of halogens is 2. The van der Waals surface area contributed by atoms with E-state index in [9.17, 15) is 4.79 Å². The molecule has 0 saturated heterocycles. The molecule has 2 aliphatic heterocycles. The van der Waals surface area contributed by atoms with Crippen molar-refractivity contribution < 1.29 is 14.3 Å². The molecule has 0 bridgehead atoms. The summed E-state index contributed by atoms with van der Waals surface area (Å²) in [4.78, 5) is 13.3. The van der Waals surface area contributed by atoms with Crippen LogP contribution in [0.4, 0.5) is 5.69 Å². The first kappa shape index (κ1) is 20.1. The standard InChI is InChI=1S/C26H19Br2NO3/c27-16-11-19-24(26(30)29-25(19)20(28)12-16)23-15(9-14-5-1-2-6-18(14)23)10-17-13-31-21-7-3-4-8-22(21)32-17/h1-9,11-12,17,23-24H,10,13H2,(H,29,30). The van der Waals surface area contributed by atoms with E-state index in [-0.39, 0.29) is 23.8 Å². The lowest BCUT2D eigenvalue weighted by Crippen LogP contribution is -2.30. The zero-order valence-electron chi connectivity index (χ0n) is 17.0. The van der Waals surface area contributed by atoms with Gasteiger partial charge in [0.15, 0.2) is 11.5 Å². The molecule has 0 fully saturated rings. The van der Waals surface area contributed by atoms with E-state index >= 15 is 0 Å². The number of anilines is 1. The zero-order valence-corrected chi connectivity index (χ0v) is 20.1. The number of hydrogen-bond acceptors (Lipinski definition) is 3. The molecule has 1 N–H and O–H groups in total.